The summed E-state index contributed by atoms with van der Waals surface area (Å²) in [5.74, 6) is 0.575. The number of aryl methyl sites for hydroxylation is 2. The van der Waals surface area contributed by atoms with Crippen LogP contribution in [0, 0.1) is 19.8 Å². The number of carbonyl (C=O) groups excluding carboxylic acids is 1. The molecule has 2 heterocycles. The molecule has 9 heteroatoms. The predicted molar refractivity (Wildman–Crippen MR) is 119 cm³/mol. The van der Waals surface area contributed by atoms with Crippen molar-refractivity contribution in [1.82, 2.24) is 26.1 Å². The van der Waals surface area contributed by atoms with Crippen molar-refractivity contribution >= 4 is 44.8 Å². The largest absolute Gasteiger partial charge is 0.361 e. The average Bonchev–Trinajstić information content (AvgIpc) is 2.94. The zero-order valence-corrected chi connectivity index (χ0v) is 18.5. The number of fused-ring (bicyclic) bond motifs is 1. The number of hydrazine groups is 1. The van der Waals surface area contributed by atoms with Gasteiger partial charge in [0.15, 0.2) is 5.11 Å². The van der Waals surface area contributed by atoms with Gasteiger partial charge in [-0.15, -0.1) is 11.3 Å². The van der Waals surface area contributed by atoms with Gasteiger partial charge in [0.2, 0.25) is 5.91 Å². The predicted octanol–water partition coefficient (Wildman–Crippen LogP) is 2.86. The molecule has 0 radical (unpaired) electrons. The third kappa shape index (κ3) is 6.00. The number of aromatic amines is 1. The summed E-state index contributed by atoms with van der Waals surface area (Å²) in [4.78, 5) is 33.2. The third-order valence-corrected chi connectivity index (χ3v) is 6.17. The maximum absolute atomic E-state index is 12.3. The Bertz CT molecular complexity index is 890. The Labute approximate surface area is 174 Å². The van der Waals surface area contributed by atoms with E-state index in [1.165, 1.54) is 24.2 Å². The van der Waals surface area contributed by atoms with Crippen LogP contribution in [0.2, 0.25) is 0 Å². The Morgan fingerprint density at radius 2 is 2.04 bits per heavy atom. The molecule has 2 aromatic heterocycles. The van der Waals surface area contributed by atoms with E-state index >= 15 is 0 Å². The molecule has 0 spiro atoms. The SMILES string of the molecule is CCCC[C@@H](CC)CNC(=S)NNC(=O)Cc1nc2sc(C)c(C)c2c(=O)[nH]1. The molecular formula is C19H29N5O2S2. The van der Waals surface area contributed by atoms with Gasteiger partial charge in [-0.2, -0.15) is 0 Å². The van der Waals surface area contributed by atoms with Crippen molar-refractivity contribution in [3.8, 4) is 0 Å². The van der Waals surface area contributed by atoms with Crippen molar-refractivity contribution in [3.05, 3.63) is 26.6 Å². The molecule has 0 aliphatic rings. The van der Waals surface area contributed by atoms with E-state index in [1.54, 1.807) is 0 Å². The summed E-state index contributed by atoms with van der Waals surface area (Å²) >= 11 is 6.67. The molecule has 0 aromatic carbocycles. The van der Waals surface area contributed by atoms with Gasteiger partial charge in [0.05, 0.1) is 11.8 Å². The minimum absolute atomic E-state index is 0.0368. The van der Waals surface area contributed by atoms with Gasteiger partial charge in [-0.1, -0.05) is 33.1 Å². The van der Waals surface area contributed by atoms with E-state index in [-0.39, 0.29) is 17.9 Å². The normalized spacial score (nSPS) is 12.0. The summed E-state index contributed by atoms with van der Waals surface area (Å²) in [7, 11) is 0. The Morgan fingerprint density at radius 3 is 2.71 bits per heavy atom. The first-order valence-electron chi connectivity index (χ1n) is 9.67. The molecule has 2 aromatic rings. The zero-order chi connectivity index (χ0) is 20.7. The Hall–Kier alpha value is -2.00. The number of aromatic nitrogens is 2. The lowest BCUT2D eigenvalue weighted by Gasteiger charge is -2.17. The van der Waals surface area contributed by atoms with Crippen molar-refractivity contribution in [2.45, 2.75) is 59.8 Å². The maximum Gasteiger partial charge on any atom is 0.259 e. The van der Waals surface area contributed by atoms with Gasteiger partial charge in [-0.05, 0) is 44.0 Å². The number of nitrogens with one attached hydrogen (secondary N) is 4. The molecule has 0 unspecified atom stereocenters. The number of nitrogens with zero attached hydrogens (tertiary/aromatic N) is 1. The van der Waals surface area contributed by atoms with Crippen LogP contribution in [0.3, 0.4) is 0 Å². The second-order valence-electron chi connectivity index (χ2n) is 6.95. The van der Waals surface area contributed by atoms with Gasteiger partial charge in [-0.25, -0.2) is 4.98 Å². The molecule has 7 nitrogen and oxygen atoms in total. The third-order valence-electron chi connectivity index (χ3n) is 4.83. The highest BCUT2D eigenvalue weighted by molar-refractivity contribution is 7.80. The molecule has 2 rings (SSSR count). The first-order chi connectivity index (χ1) is 13.3. The van der Waals surface area contributed by atoms with Crippen LogP contribution in [0.4, 0.5) is 0 Å². The summed E-state index contributed by atoms with van der Waals surface area (Å²) in [6.45, 7) is 8.99. The highest BCUT2D eigenvalue weighted by Gasteiger charge is 2.14. The van der Waals surface area contributed by atoms with Crippen LogP contribution >= 0.6 is 23.6 Å². The first-order valence-corrected chi connectivity index (χ1v) is 10.9. The van der Waals surface area contributed by atoms with Gasteiger partial charge >= 0.3 is 0 Å². The minimum Gasteiger partial charge on any atom is -0.361 e. The fourth-order valence-corrected chi connectivity index (χ4v) is 4.11. The van der Waals surface area contributed by atoms with Crippen molar-refractivity contribution in [2.75, 3.05) is 6.54 Å². The molecule has 0 bridgehead atoms. The van der Waals surface area contributed by atoms with E-state index < -0.39 is 0 Å². The number of amides is 1. The fourth-order valence-electron chi connectivity index (χ4n) is 2.93. The molecule has 1 amide bonds. The summed E-state index contributed by atoms with van der Waals surface area (Å²) < 4.78 is 0. The summed E-state index contributed by atoms with van der Waals surface area (Å²) in [6.07, 6.45) is 4.60. The van der Waals surface area contributed by atoms with Crippen LogP contribution in [0.25, 0.3) is 10.2 Å². The monoisotopic (exact) mass is 423 g/mol. The molecular weight excluding hydrogens is 394 g/mol. The molecule has 1 atom stereocenters. The molecule has 0 saturated heterocycles. The van der Waals surface area contributed by atoms with Crippen molar-refractivity contribution < 1.29 is 4.79 Å². The number of carbonyl (C=O) groups is 1. The highest BCUT2D eigenvalue weighted by Crippen LogP contribution is 2.25. The summed E-state index contributed by atoms with van der Waals surface area (Å²) in [5.41, 5.74) is 5.98. The van der Waals surface area contributed by atoms with Gasteiger partial charge in [-0.3, -0.25) is 20.4 Å². The molecule has 0 aliphatic heterocycles. The maximum atomic E-state index is 12.3. The van der Waals surface area contributed by atoms with Crippen LogP contribution < -0.4 is 21.7 Å². The van der Waals surface area contributed by atoms with Crippen LogP contribution in [0.15, 0.2) is 4.79 Å². The van der Waals surface area contributed by atoms with Crippen molar-refractivity contribution in [3.63, 3.8) is 0 Å². The zero-order valence-electron chi connectivity index (χ0n) is 16.9. The van der Waals surface area contributed by atoms with Crippen LogP contribution in [-0.4, -0.2) is 27.5 Å². The van der Waals surface area contributed by atoms with E-state index in [4.69, 9.17) is 12.2 Å². The van der Waals surface area contributed by atoms with Crippen LogP contribution in [0.5, 0.6) is 0 Å². The number of rotatable bonds is 8. The second-order valence-corrected chi connectivity index (χ2v) is 8.56. The van der Waals surface area contributed by atoms with Crippen LogP contribution in [-0.2, 0) is 11.2 Å². The number of hydrogen-bond donors (Lipinski definition) is 4. The number of unbranched alkanes of at least 4 members (excludes halogenated alkanes) is 1. The molecule has 28 heavy (non-hydrogen) atoms. The lowest BCUT2D eigenvalue weighted by atomic mass is 9.99. The van der Waals surface area contributed by atoms with E-state index in [1.807, 2.05) is 13.8 Å². The standard InChI is InChI=1S/C19H29N5O2S2/c1-5-7-8-13(6-2)10-20-19(27)24-23-15(25)9-14-21-17(26)16-11(3)12(4)28-18(16)22-14/h13H,5-10H2,1-4H3,(H,23,25)(H2,20,24,27)(H,21,22,26)/t13-/m1/s1. The number of H-pyrrole nitrogens is 1. The van der Waals surface area contributed by atoms with Gasteiger partial charge in [0, 0.05) is 11.4 Å². The molecule has 0 saturated carbocycles. The fraction of sp³-hybridized carbons (Fsp3) is 0.579. The second kappa shape index (κ2) is 10.5. The molecule has 0 aliphatic carbocycles. The summed E-state index contributed by atoms with van der Waals surface area (Å²) in [6, 6.07) is 0. The minimum atomic E-state index is -0.324. The molecule has 0 fully saturated rings. The lowest BCUT2D eigenvalue weighted by molar-refractivity contribution is -0.121. The lowest BCUT2D eigenvalue weighted by Crippen LogP contribution is -2.48. The van der Waals surface area contributed by atoms with Gasteiger partial charge in [0.1, 0.15) is 10.7 Å². The van der Waals surface area contributed by atoms with Crippen LogP contribution in [0.1, 0.15) is 55.8 Å². The van der Waals surface area contributed by atoms with Gasteiger partial charge in [0.25, 0.3) is 5.56 Å². The van der Waals surface area contributed by atoms with Gasteiger partial charge < -0.3 is 10.3 Å². The number of hydrogen-bond acceptors (Lipinski definition) is 5. The van der Waals surface area contributed by atoms with E-state index in [9.17, 15) is 9.59 Å². The smallest absolute Gasteiger partial charge is 0.259 e. The Morgan fingerprint density at radius 1 is 1.29 bits per heavy atom. The summed E-state index contributed by atoms with van der Waals surface area (Å²) in [5, 5.41) is 4.12. The van der Waals surface area contributed by atoms with E-state index in [2.05, 4.69) is 40.0 Å². The van der Waals surface area contributed by atoms with Crippen molar-refractivity contribution in [1.29, 1.82) is 0 Å². The molecule has 154 valence electrons. The Kier molecular flexibility index (Phi) is 8.37. The van der Waals surface area contributed by atoms with E-state index in [0.717, 1.165) is 29.8 Å². The Balaban J connectivity index is 1.84. The number of thiocarbonyl (C=S) groups is 1. The topological polar surface area (TPSA) is 98.9 Å². The number of thiophene rings is 1. The van der Waals surface area contributed by atoms with Crippen molar-refractivity contribution in [2.24, 2.45) is 5.92 Å². The quantitative estimate of drug-likeness (QED) is 0.385. The highest BCUT2D eigenvalue weighted by atomic mass is 32.1. The molecule has 4 N–H and O–H groups in total. The van der Waals surface area contributed by atoms with E-state index in [0.29, 0.717) is 27.1 Å². The average molecular weight is 424 g/mol. The first kappa shape index (κ1) is 22.3.